The molecular formula is C19H21NO2S. The highest BCUT2D eigenvalue weighted by Crippen LogP contribution is 2.29. The van der Waals surface area contributed by atoms with Crippen LogP contribution in [-0.4, -0.2) is 29.3 Å². The van der Waals surface area contributed by atoms with Crippen molar-refractivity contribution in [3.8, 4) is 0 Å². The zero-order valence-electron chi connectivity index (χ0n) is 13.1. The number of piperidine rings is 1. The highest BCUT2D eigenvalue weighted by atomic mass is 32.2. The van der Waals surface area contributed by atoms with Gasteiger partial charge in [-0.25, -0.2) is 4.79 Å². The molecule has 1 aliphatic rings. The van der Waals surface area contributed by atoms with E-state index < -0.39 is 0 Å². The van der Waals surface area contributed by atoms with Crippen molar-refractivity contribution in [1.29, 1.82) is 0 Å². The molecule has 1 saturated heterocycles. The molecule has 0 aromatic heterocycles. The van der Waals surface area contributed by atoms with Crippen molar-refractivity contribution in [3.63, 3.8) is 0 Å². The highest BCUT2D eigenvalue weighted by Gasteiger charge is 2.25. The van der Waals surface area contributed by atoms with Gasteiger partial charge in [0, 0.05) is 23.2 Å². The van der Waals surface area contributed by atoms with Crippen molar-refractivity contribution in [3.05, 3.63) is 66.2 Å². The first-order valence-corrected chi connectivity index (χ1v) is 8.86. The summed E-state index contributed by atoms with van der Waals surface area (Å²) in [6.45, 7) is 1.89. The van der Waals surface area contributed by atoms with Crippen molar-refractivity contribution in [2.45, 2.75) is 29.6 Å². The SMILES string of the molecule is O=C(OCc1ccccc1)N1CCCC(Sc2ccccc2)C1. The fourth-order valence-corrected chi connectivity index (χ4v) is 3.94. The van der Waals surface area contributed by atoms with E-state index in [-0.39, 0.29) is 6.09 Å². The van der Waals surface area contributed by atoms with Gasteiger partial charge in [-0.2, -0.15) is 0 Å². The molecule has 1 heterocycles. The van der Waals surface area contributed by atoms with Gasteiger partial charge in [-0.05, 0) is 30.5 Å². The number of ether oxygens (including phenoxy) is 1. The van der Waals surface area contributed by atoms with E-state index in [1.807, 2.05) is 53.1 Å². The minimum atomic E-state index is -0.202. The lowest BCUT2D eigenvalue weighted by Gasteiger charge is -2.31. The summed E-state index contributed by atoms with van der Waals surface area (Å²) in [4.78, 5) is 15.4. The second-order valence-electron chi connectivity index (χ2n) is 5.68. The molecule has 3 rings (SSSR count). The van der Waals surface area contributed by atoms with Crippen LogP contribution in [-0.2, 0) is 11.3 Å². The van der Waals surface area contributed by atoms with Crippen LogP contribution in [0.2, 0.25) is 0 Å². The van der Waals surface area contributed by atoms with Crippen LogP contribution in [0.25, 0.3) is 0 Å². The summed E-state index contributed by atoms with van der Waals surface area (Å²) in [7, 11) is 0. The van der Waals surface area contributed by atoms with Crippen molar-refractivity contribution in [2.24, 2.45) is 0 Å². The summed E-state index contributed by atoms with van der Waals surface area (Å²) >= 11 is 1.85. The van der Waals surface area contributed by atoms with Crippen molar-refractivity contribution < 1.29 is 9.53 Å². The average Bonchev–Trinajstić information content (AvgIpc) is 2.62. The third kappa shape index (κ3) is 4.76. The number of hydrogen-bond acceptors (Lipinski definition) is 3. The third-order valence-corrected chi connectivity index (χ3v) is 5.15. The number of carbonyl (C=O) groups excluding carboxylic acids is 1. The molecule has 0 saturated carbocycles. The minimum Gasteiger partial charge on any atom is -0.445 e. The summed E-state index contributed by atoms with van der Waals surface area (Å²) in [6.07, 6.45) is 1.97. The molecule has 0 bridgehead atoms. The molecule has 4 heteroatoms. The second-order valence-corrected chi connectivity index (χ2v) is 7.06. The predicted molar refractivity (Wildman–Crippen MR) is 93.5 cm³/mol. The quantitative estimate of drug-likeness (QED) is 0.823. The zero-order valence-corrected chi connectivity index (χ0v) is 13.9. The maximum atomic E-state index is 12.3. The number of amides is 1. The van der Waals surface area contributed by atoms with Gasteiger partial charge in [0.25, 0.3) is 0 Å². The summed E-state index contributed by atoms with van der Waals surface area (Å²) in [5, 5.41) is 0.440. The first-order valence-electron chi connectivity index (χ1n) is 7.98. The van der Waals surface area contributed by atoms with Crippen molar-refractivity contribution in [2.75, 3.05) is 13.1 Å². The second kappa shape index (κ2) is 8.06. The molecule has 120 valence electrons. The minimum absolute atomic E-state index is 0.202. The maximum absolute atomic E-state index is 12.3. The Kier molecular flexibility index (Phi) is 5.59. The monoisotopic (exact) mass is 327 g/mol. The summed E-state index contributed by atoms with van der Waals surface area (Å²) in [5.74, 6) is 0. The molecule has 0 aliphatic carbocycles. The van der Waals surface area contributed by atoms with Gasteiger partial charge in [-0.1, -0.05) is 48.5 Å². The molecular weight excluding hydrogens is 306 g/mol. The normalized spacial score (nSPS) is 17.7. The molecule has 23 heavy (non-hydrogen) atoms. The van der Waals surface area contributed by atoms with E-state index in [0.29, 0.717) is 11.9 Å². The van der Waals surface area contributed by atoms with E-state index in [9.17, 15) is 4.79 Å². The van der Waals surface area contributed by atoms with E-state index >= 15 is 0 Å². The van der Waals surface area contributed by atoms with Gasteiger partial charge in [-0.15, -0.1) is 11.8 Å². The smallest absolute Gasteiger partial charge is 0.410 e. The highest BCUT2D eigenvalue weighted by molar-refractivity contribution is 8.00. The lowest BCUT2D eigenvalue weighted by Crippen LogP contribution is -2.41. The van der Waals surface area contributed by atoms with Crippen molar-refractivity contribution in [1.82, 2.24) is 4.90 Å². The fraction of sp³-hybridized carbons (Fsp3) is 0.316. The Morgan fingerprint density at radius 1 is 1.09 bits per heavy atom. The molecule has 1 amide bonds. The van der Waals surface area contributed by atoms with Crippen LogP contribution in [0.4, 0.5) is 4.79 Å². The van der Waals surface area contributed by atoms with Gasteiger partial charge >= 0.3 is 6.09 Å². The van der Waals surface area contributed by atoms with Crippen LogP contribution < -0.4 is 0 Å². The van der Waals surface area contributed by atoms with Crippen LogP contribution in [0.15, 0.2) is 65.6 Å². The molecule has 1 aliphatic heterocycles. The molecule has 1 atom stereocenters. The van der Waals surface area contributed by atoms with Crippen LogP contribution >= 0.6 is 11.8 Å². The van der Waals surface area contributed by atoms with Crippen LogP contribution in [0.3, 0.4) is 0 Å². The third-order valence-electron chi connectivity index (χ3n) is 3.89. The Morgan fingerprint density at radius 3 is 2.52 bits per heavy atom. The number of hydrogen-bond donors (Lipinski definition) is 0. The van der Waals surface area contributed by atoms with Gasteiger partial charge in [-0.3, -0.25) is 0 Å². The molecule has 0 N–H and O–H groups in total. The topological polar surface area (TPSA) is 29.5 Å². The van der Waals surface area contributed by atoms with Crippen LogP contribution in [0.1, 0.15) is 18.4 Å². The number of carbonyl (C=O) groups is 1. The standard InChI is InChI=1S/C19H21NO2S/c21-19(22-15-16-8-3-1-4-9-16)20-13-7-12-18(14-20)23-17-10-5-2-6-11-17/h1-6,8-11,18H,7,12-15H2. The molecule has 1 unspecified atom stereocenters. The van der Waals surface area contributed by atoms with E-state index in [2.05, 4.69) is 24.3 Å². The molecule has 0 spiro atoms. The van der Waals surface area contributed by atoms with Crippen molar-refractivity contribution >= 4 is 17.9 Å². The largest absolute Gasteiger partial charge is 0.445 e. The van der Waals surface area contributed by atoms with Gasteiger partial charge in [0.2, 0.25) is 0 Å². The summed E-state index contributed by atoms with van der Waals surface area (Å²) in [6, 6.07) is 20.2. The Morgan fingerprint density at radius 2 is 1.78 bits per heavy atom. The Bertz CT molecular complexity index is 618. The summed E-state index contributed by atoms with van der Waals surface area (Å²) < 4.78 is 5.44. The number of benzene rings is 2. The maximum Gasteiger partial charge on any atom is 0.410 e. The van der Waals surface area contributed by atoms with Crippen LogP contribution in [0.5, 0.6) is 0 Å². The van der Waals surface area contributed by atoms with Gasteiger partial charge in [0.05, 0.1) is 0 Å². The predicted octanol–water partition coefficient (Wildman–Crippen LogP) is 4.58. The Labute approximate surface area is 141 Å². The summed E-state index contributed by atoms with van der Waals surface area (Å²) in [5.41, 5.74) is 1.02. The van der Waals surface area contributed by atoms with Gasteiger partial charge < -0.3 is 9.64 Å². The molecule has 2 aromatic carbocycles. The number of rotatable bonds is 4. The number of thioether (sulfide) groups is 1. The molecule has 3 nitrogen and oxygen atoms in total. The lowest BCUT2D eigenvalue weighted by molar-refractivity contribution is 0.0903. The fourth-order valence-electron chi connectivity index (χ4n) is 2.70. The average molecular weight is 327 g/mol. The number of nitrogens with zero attached hydrogens (tertiary/aromatic N) is 1. The molecule has 2 aromatic rings. The Balaban J connectivity index is 1.50. The first kappa shape index (κ1) is 15.9. The van der Waals surface area contributed by atoms with Crippen LogP contribution in [0, 0.1) is 0 Å². The van der Waals surface area contributed by atoms with E-state index in [1.54, 1.807) is 0 Å². The van der Waals surface area contributed by atoms with Gasteiger partial charge in [0.15, 0.2) is 0 Å². The van der Waals surface area contributed by atoms with Gasteiger partial charge in [0.1, 0.15) is 6.61 Å². The molecule has 0 radical (unpaired) electrons. The Hall–Kier alpha value is -1.94. The van der Waals surface area contributed by atoms with E-state index in [1.165, 1.54) is 4.90 Å². The molecule has 1 fully saturated rings. The number of likely N-dealkylation sites (tertiary alicyclic amines) is 1. The zero-order chi connectivity index (χ0) is 15.9. The van der Waals surface area contributed by atoms with E-state index in [4.69, 9.17) is 4.74 Å². The first-order chi connectivity index (χ1) is 11.3. The lowest BCUT2D eigenvalue weighted by atomic mass is 10.1. The van der Waals surface area contributed by atoms with E-state index in [0.717, 1.165) is 31.5 Å².